The zero-order chi connectivity index (χ0) is 29.0. The lowest BCUT2D eigenvalue weighted by atomic mass is 9.96. The zero-order valence-electron chi connectivity index (χ0n) is 25.8. The molecule has 12 heteroatoms. The third kappa shape index (κ3) is 8.63. The van der Waals surface area contributed by atoms with Crippen molar-refractivity contribution in [3.63, 3.8) is 0 Å². The van der Waals surface area contributed by atoms with Crippen LogP contribution >= 0.6 is 0 Å². The molecule has 0 radical (unpaired) electrons. The molecule has 222 valence electrons. The molecule has 1 saturated heterocycles. The van der Waals surface area contributed by atoms with Gasteiger partial charge in [0, 0.05) is 11.8 Å². The first kappa shape index (κ1) is 35.3. The molecule has 1 aliphatic rings. The Morgan fingerprint density at radius 1 is 0.789 bits per heavy atom. The molecule has 0 spiro atoms. The number of nitrogens with one attached hydrogen (secondary N) is 1. The maximum atomic E-state index is 12.4. The summed E-state index contributed by atoms with van der Waals surface area (Å²) >= 11 is 0. The highest BCUT2D eigenvalue weighted by Gasteiger charge is 2.52. The van der Waals surface area contributed by atoms with E-state index in [-0.39, 0.29) is 5.91 Å². The molecule has 1 amide bonds. The number of nitrogens with zero attached hydrogens (tertiary/aromatic N) is 3. The smallest absolute Gasteiger partial charge is 0.217 e. The molecule has 0 aromatic heterocycles. The first-order chi connectivity index (χ1) is 18.1. The molecule has 1 heterocycles. The van der Waals surface area contributed by atoms with Crippen LogP contribution in [0.1, 0.15) is 69.2 Å². The number of rotatable bonds is 18. The summed E-state index contributed by atoms with van der Waals surface area (Å²) in [5.41, 5.74) is 9.44. The number of ether oxygens (including phenoxy) is 1. The maximum absolute atomic E-state index is 12.4. The molecule has 1 fully saturated rings. The second-order valence-corrected chi connectivity index (χ2v) is 24.9. The van der Waals surface area contributed by atoms with Crippen molar-refractivity contribution >= 4 is 30.9 Å². The Kier molecular flexibility index (Phi) is 15.3. The quantitative estimate of drug-likeness (QED) is 0.0779. The van der Waals surface area contributed by atoms with Crippen LogP contribution in [0.5, 0.6) is 0 Å². The van der Waals surface area contributed by atoms with E-state index in [0.717, 1.165) is 54.4 Å². The van der Waals surface area contributed by atoms with E-state index in [0.29, 0.717) is 6.61 Å². The van der Waals surface area contributed by atoms with Crippen molar-refractivity contribution in [2.75, 3.05) is 6.61 Å². The molecule has 9 nitrogen and oxygen atoms in total. The van der Waals surface area contributed by atoms with Crippen LogP contribution < -0.4 is 5.32 Å². The Balaban J connectivity index is 3.74. The fourth-order valence-corrected chi connectivity index (χ4v) is 14.1. The molecule has 38 heavy (non-hydrogen) atoms. The number of hydrogen-bond acceptors (Lipinski definition) is 6. The van der Waals surface area contributed by atoms with Gasteiger partial charge in [-0.3, -0.25) is 4.79 Å². The van der Waals surface area contributed by atoms with E-state index in [1.807, 2.05) is 0 Å². The lowest BCUT2D eigenvalue weighted by Gasteiger charge is -2.51. The van der Waals surface area contributed by atoms with E-state index in [1.54, 1.807) is 0 Å². The second kappa shape index (κ2) is 16.5. The molecule has 0 unspecified atom stereocenters. The topological polar surface area (TPSA) is 115 Å². The molecule has 1 rings (SSSR count). The summed E-state index contributed by atoms with van der Waals surface area (Å²) in [5.74, 6) is -0.213. The standard InChI is InChI=1S/C26H56N4O5Si3/c1-11-36(12-2,13-3)32-20-22-24(34-37(14-4,15-5)16-6)25(35-38(17-7,18-8)19-9)23(28-21(10)31)26(33-22)29-30-27/h22-26H,11-20H2,1-10H3,(H,28,31)/t22-,23-,24-,25-,26+/m1/s1. The predicted octanol–water partition coefficient (Wildman–Crippen LogP) is 7.33. The molecule has 5 atom stereocenters. The van der Waals surface area contributed by atoms with E-state index < -0.39 is 55.5 Å². The molecule has 0 aliphatic carbocycles. The highest BCUT2D eigenvalue weighted by molar-refractivity contribution is 6.74. The zero-order valence-corrected chi connectivity index (χ0v) is 28.8. The first-order valence-corrected chi connectivity index (χ1v) is 22.6. The lowest BCUT2D eigenvalue weighted by Crippen LogP contribution is -2.68. The van der Waals surface area contributed by atoms with Crippen molar-refractivity contribution in [2.24, 2.45) is 5.11 Å². The Hall–Kier alpha value is -0.729. The molecule has 0 aromatic rings. The third-order valence-corrected chi connectivity index (χ3v) is 23.2. The summed E-state index contributed by atoms with van der Waals surface area (Å²) in [6.07, 6.45) is -2.26. The average Bonchev–Trinajstić information content (AvgIpc) is 2.94. The summed E-state index contributed by atoms with van der Waals surface area (Å²) in [7, 11) is -6.17. The number of amides is 1. The van der Waals surface area contributed by atoms with Gasteiger partial charge in [-0.2, -0.15) is 0 Å². The number of hydrogen-bond donors (Lipinski definition) is 1. The summed E-state index contributed by atoms with van der Waals surface area (Å²) < 4.78 is 27.6. The average molecular weight is 589 g/mol. The first-order valence-electron chi connectivity index (χ1n) is 15.0. The van der Waals surface area contributed by atoms with Gasteiger partial charge in [0.2, 0.25) is 5.91 Å². The number of azide groups is 1. The highest BCUT2D eigenvalue weighted by Crippen LogP contribution is 2.37. The maximum Gasteiger partial charge on any atom is 0.217 e. The SMILES string of the molecule is CC[Si](CC)(CC)OC[C@H]1O[C@H](N=[N+]=[N-])[C@H](NC(C)=O)[C@@H](O[Si](CC)(CC)CC)[C@@H]1O[Si](CC)(CC)CC. The molecular formula is C26H56N4O5Si3. The van der Waals surface area contributed by atoms with Gasteiger partial charge in [-0.15, -0.1) is 0 Å². The van der Waals surface area contributed by atoms with Crippen molar-refractivity contribution in [1.29, 1.82) is 0 Å². The van der Waals surface area contributed by atoms with Crippen molar-refractivity contribution < 1.29 is 22.8 Å². The van der Waals surface area contributed by atoms with E-state index in [2.05, 4.69) is 77.7 Å². The van der Waals surface area contributed by atoms with Gasteiger partial charge in [0.15, 0.2) is 31.2 Å². The van der Waals surface area contributed by atoms with E-state index in [9.17, 15) is 10.3 Å². The normalized spacial score (nSPS) is 24.6. The van der Waals surface area contributed by atoms with Gasteiger partial charge >= 0.3 is 0 Å². The van der Waals surface area contributed by atoms with Crippen molar-refractivity contribution in [1.82, 2.24) is 5.32 Å². The van der Waals surface area contributed by atoms with Crippen molar-refractivity contribution in [3.05, 3.63) is 10.4 Å². The Bertz CT molecular complexity index is 734. The van der Waals surface area contributed by atoms with E-state index in [1.165, 1.54) is 6.92 Å². The summed E-state index contributed by atoms with van der Waals surface area (Å²) in [4.78, 5) is 15.5. The van der Waals surface area contributed by atoms with Crippen LogP contribution in [-0.4, -0.2) is 68.0 Å². The predicted molar refractivity (Wildman–Crippen MR) is 163 cm³/mol. The minimum Gasteiger partial charge on any atom is -0.414 e. The highest BCUT2D eigenvalue weighted by atomic mass is 28.4. The summed E-state index contributed by atoms with van der Waals surface area (Å²) in [5, 5.41) is 7.04. The molecule has 1 aliphatic heterocycles. The summed E-state index contributed by atoms with van der Waals surface area (Å²) in [6.45, 7) is 21.7. The van der Waals surface area contributed by atoms with Gasteiger partial charge < -0.3 is 23.3 Å². The van der Waals surface area contributed by atoms with E-state index >= 15 is 0 Å². The van der Waals surface area contributed by atoms with Crippen LogP contribution in [0.3, 0.4) is 0 Å². The van der Waals surface area contributed by atoms with Gasteiger partial charge in [-0.05, 0) is 59.9 Å². The van der Waals surface area contributed by atoms with Crippen LogP contribution in [0.25, 0.3) is 10.4 Å². The molecular weight excluding hydrogens is 533 g/mol. The van der Waals surface area contributed by atoms with Crippen LogP contribution in [0.2, 0.25) is 54.4 Å². The van der Waals surface area contributed by atoms with Crippen LogP contribution in [-0.2, 0) is 22.8 Å². The van der Waals surface area contributed by atoms with E-state index in [4.69, 9.17) is 18.0 Å². The Morgan fingerprint density at radius 2 is 1.21 bits per heavy atom. The number of carbonyl (C=O) groups is 1. The molecule has 0 aromatic carbocycles. The number of carbonyl (C=O) groups excluding carboxylic acids is 1. The second-order valence-electron chi connectivity index (χ2n) is 10.7. The fraction of sp³-hybridized carbons (Fsp3) is 0.962. The van der Waals surface area contributed by atoms with Crippen molar-refractivity contribution in [2.45, 2.75) is 154 Å². The molecule has 0 bridgehead atoms. The minimum atomic E-state index is -2.15. The Labute approximate surface area is 235 Å². The van der Waals surface area contributed by atoms with Gasteiger partial charge in [0.1, 0.15) is 12.2 Å². The van der Waals surface area contributed by atoms with Crippen LogP contribution in [0.15, 0.2) is 5.11 Å². The lowest BCUT2D eigenvalue weighted by molar-refractivity contribution is -0.183. The Morgan fingerprint density at radius 3 is 1.58 bits per heavy atom. The van der Waals surface area contributed by atoms with Crippen molar-refractivity contribution in [3.8, 4) is 0 Å². The third-order valence-electron chi connectivity index (χ3n) is 9.33. The molecule has 0 saturated carbocycles. The van der Waals surface area contributed by atoms with Gasteiger partial charge in [0.05, 0.1) is 18.8 Å². The van der Waals surface area contributed by atoms with Gasteiger partial charge in [-0.25, -0.2) is 0 Å². The summed E-state index contributed by atoms with van der Waals surface area (Å²) in [6, 6.07) is 8.28. The largest absolute Gasteiger partial charge is 0.414 e. The molecule has 1 N–H and O–H groups in total. The van der Waals surface area contributed by atoms with Gasteiger partial charge in [0.25, 0.3) is 0 Å². The monoisotopic (exact) mass is 588 g/mol. The fourth-order valence-electron chi connectivity index (χ4n) is 5.77. The van der Waals surface area contributed by atoms with Gasteiger partial charge in [-0.1, -0.05) is 67.4 Å². The van der Waals surface area contributed by atoms with Crippen LogP contribution in [0, 0.1) is 0 Å². The minimum absolute atomic E-state index is 0.213. The van der Waals surface area contributed by atoms with Crippen LogP contribution in [0.4, 0.5) is 0 Å².